The van der Waals surface area contributed by atoms with Crippen molar-refractivity contribution in [2.24, 2.45) is 0 Å². The lowest BCUT2D eigenvalue weighted by atomic mass is 9.99. The van der Waals surface area contributed by atoms with E-state index in [0.29, 0.717) is 62.5 Å². The van der Waals surface area contributed by atoms with Crippen LogP contribution < -0.4 is 0 Å². The summed E-state index contributed by atoms with van der Waals surface area (Å²) in [5.74, 6) is 5.72. The van der Waals surface area contributed by atoms with E-state index in [1.807, 2.05) is 158 Å². The van der Waals surface area contributed by atoms with Crippen molar-refractivity contribution in [3.8, 4) is 114 Å². The fourth-order valence-corrected chi connectivity index (χ4v) is 20.1. The normalized spacial score (nSPS) is 12.0. The maximum absolute atomic E-state index is 6.94. The molecule has 25 aromatic rings. The van der Waals surface area contributed by atoms with E-state index in [1.54, 1.807) is 0 Å². The summed E-state index contributed by atoms with van der Waals surface area (Å²) in [5, 5.41) is 21.0. The van der Waals surface area contributed by atoms with Crippen molar-refractivity contribution in [3.05, 3.63) is 491 Å². The minimum Gasteiger partial charge on any atom is -0.308 e. The number of aromatic nitrogens is 11. The van der Waals surface area contributed by atoms with Gasteiger partial charge in [-0.2, -0.15) is 0 Å². The molecule has 11 nitrogen and oxygen atoms in total. The molecule has 0 saturated carbocycles. The quantitative estimate of drug-likeness (QED) is 0.116. The molecular formula is C125H80BrCl3N11+. The van der Waals surface area contributed by atoms with Crippen LogP contribution in [0.5, 0.6) is 0 Å². The molecular weight excluding hydrogens is 1840 g/mol. The van der Waals surface area contributed by atoms with Crippen molar-refractivity contribution < 1.29 is 0 Å². The van der Waals surface area contributed by atoms with Crippen LogP contribution in [0.3, 0.4) is 0 Å². The molecule has 0 amide bonds. The number of hydrogen-bond acceptors (Lipinski definition) is 9. The molecule has 0 radical (unpaired) electrons. The molecule has 0 bridgehead atoms. The molecule has 2 aliphatic carbocycles. The molecule has 0 fully saturated rings. The molecule has 0 atom stereocenters. The monoisotopic (exact) mass is 1920 g/mol. The first-order valence-electron chi connectivity index (χ1n) is 45.8. The largest absolute Gasteiger partial charge is 0.308 e. The van der Waals surface area contributed by atoms with Gasteiger partial charge in [0, 0.05) is 99.4 Å². The Labute approximate surface area is 831 Å². The highest BCUT2D eigenvalue weighted by Crippen LogP contribution is 2.45. The SMILES string of the molecule is Brc1cccc(-c2nc(-c3ccccc3)nc(-c3ccc4ccccc4c3)n2)c1.C.ClC1=[C+]C=CC2=C1Cc1cc3ccccc3cc12.Clc1cccc2c3cc4ccccc4cc3n(-c3cccc(-c4nc(-c5ccccc5)nc(-c5ccc6ccccc6c5)n4)c3)c12.Clc1cccc2c3cc4ccccc4cc3n(-c3cccc(-c4nc(-c5ccccc5)nc(-c5ccc6ccccc6c5)n4)c3)c12. The van der Waals surface area contributed by atoms with E-state index in [9.17, 15) is 0 Å². The molecule has 0 saturated heterocycles. The molecule has 0 spiro atoms. The second kappa shape index (κ2) is 37.6. The molecule has 5 heterocycles. The van der Waals surface area contributed by atoms with Crippen LogP contribution in [0, 0.1) is 6.08 Å². The summed E-state index contributed by atoms with van der Waals surface area (Å²) in [7, 11) is 0. The summed E-state index contributed by atoms with van der Waals surface area (Å²) in [6.07, 6.45) is 8.02. The smallest absolute Gasteiger partial charge is 0.208 e. The van der Waals surface area contributed by atoms with Gasteiger partial charge in [-0.05, 0) is 185 Å². The van der Waals surface area contributed by atoms with Crippen molar-refractivity contribution in [1.29, 1.82) is 0 Å². The molecule has 20 aromatic carbocycles. The Morgan fingerprint density at radius 2 is 0.536 bits per heavy atom. The Kier molecular flexibility index (Phi) is 23.4. The van der Waals surface area contributed by atoms with Gasteiger partial charge in [0.25, 0.3) is 0 Å². The summed E-state index contributed by atoms with van der Waals surface area (Å²) in [4.78, 5) is 44.4. The van der Waals surface area contributed by atoms with Gasteiger partial charge in [-0.15, -0.1) is 0 Å². The minimum absolute atomic E-state index is 0. The van der Waals surface area contributed by atoms with Crippen molar-refractivity contribution in [3.63, 3.8) is 0 Å². The fraction of sp³-hybridized carbons (Fsp3) is 0.0160. The van der Waals surface area contributed by atoms with E-state index in [1.165, 1.54) is 70.7 Å². The Hall–Kier alpha value is -16.9. The molecule has 27 rings (SSSR count). The average molecular weight is 1920 g/mol. The van der Waals surface area contributed by atoms with E-state index in [-0.39, 0.29) is 7.43 Å². The lowest BCUT2D eigenvalue weighted by molar-refractivity contribution is 1.07. The fourth-order valence-electron chi connectivity index (χ4n) is 19.0. The molecule has 140 heavy (non-hydrogen) atoms. The van der Waals surface area contributed by atoms with E-state index < -0.39 is 0 Å². The Bertz CT molecular complexity index is 8960. The highest BCUT2D eigenvalue weighted by molar-refractivity contribution is 9.10. The highest BCUT2D eigenvalue weighted by atomic mass is 79.9. The number of nitrogens with zero attached hydrogens (tertiary/aromatic N) is 11. The van der Waals surface area contributed by atoms with Gasteiger partial charge in [0.05, 0.1) is 55.4 Å². The highest BCUT2D eigenvalue weighted by Gasteiger charge is 2.32. The maximum atomic E-state index is 6.94. The number of allylic oxidation sites excluding steroid dienone is 6. The minimum atomic E-state index is 0. The van der Waals surface area contributed by atoms with Gasteiger partial charge in [0.1, 0.15) is 6.08 Å². The second-order valence-corrected chi connectivity index (χ2v) is 36.5. The van der Waals surface area contributed by atoms with Gasteiger partial charge in [-0.1, -0.05) is 380 Å². The average Bonchev–Trinajstić information content (AvgIpc) is 1.58. The first-order valence-corrected chi connectivity index (χ1v) is 47.7. The standard InChI is InChI=1S/2C41H25ClN4.C25H16BrN3.C17H10Cl.CH4/c2*42-36-19-9-18-34-35-24-29-14-6-7-15-30(29)25-37(35)46(38(34)36)33-17-8-16-31(23-33)40-43-39(27-11-2-1-3-12-27)44-41(45-40)32-21-20-26-10-4-5-13-28(26)22-32;26-22-12-6-11-20(16-22)24-27-23(18-8-2-1-3-9-18)28-25(29-24)21-14-13-17-7-4-5-10-19(17)15-21;18-17-7-3-6-14-15-9-12-5-2-1-4-11(12)8-13(15)10-16(14)17;/h2*1-25H;1-16H;1-6,8-9H,10H2;1H4/q;;;+1;. The van der Waals surface area contributed by atoms with Crippen molar-refractivity contribution in [2.45, 2.75) is 13.8 Å². The molecule has 2 aliphatic rings. The summed E-state index contributed by atoms with van der Waals surface area (Å²) in [6, 6.07) is 150. The zero-order valence-corrected chi connectivity index (χ0v) is 78.2. The van der Waals surface area contributed by atoms with Crippen LogP contribution in [-0.2, 0) is 6.42 Å². The second-order valence-electron chi connectivity index (χ2n) is 34.4. The number of benzene rings is 20. The van der Waals surface area contributed by atoms with Gasteiger partial charge in [-0.3, -0.25) is 0 Å². The molecule has 0 N–H and O–H groups in total. The van der Waals surface area contributed by atoms with E-state index in [4.69, 9.17) is 79.7 Å². The molecule has 15 heteroatoms. The van der Waals surface area contributed by atoms with Crippen molar-refractivity contribution in [2.75, 3.05) is 0 Å². The van der Waals surface area contributed by atoms with E-state index >= 15 is 0 Å². The predicted octanol–water partition coefficient (Wildman–Crippen LogP) is 33.9. The summed E-state index contributed by atoms with van der Waals surface area (Å²) in [6.45, 7) is 0. The van der Waals surface area contributed by atoms with Crippen molar-refractivity contribution in [1.82, 2.24) is 54.0 Å². The van der Waals surface area contributed by atoms with Gasteiger partial charge < -0.3 is 9.13 Å². The van der Waals surface area contributed by atoms with Crippen LogP contribution in [0.15, 0.2) is 464 Å². The Balaban J connectivity index is 0.000000109. The number of rotatable bonds is 11. The van der Waals surface area contributed by atoms with Crippen LogP contribution in [0.25, 0.3) is 228 Å². The zero-order valence-electron chi connectivity index (χ0n) is 74.4. The predicted molar refractivity (Wildman–Crippen MR) is 585 cm³/mol. The summed E-state index contributed by atoms with van der Waals surface area (Å²) in [5.41, 5.74) is 19.7. The molecule has 662 valence electrons. The topological polar surface area (TPSA) is 126 Å². The lowest BCUT2D eigenvalue weighted by Crippen LogP contribution is -2.01. The zero-order chi connectivity index (χ0) is 93.0. The van der Waals surface area contributed by atoms with Crippen LogP contribution >= 0.6 is 50.7 Å². The third kappa shape index (κ3) is 17.0. The first-order chi connectivity index (χ1) is 68.5. The van der Waals surface area contributed by atoms with E-state index in [0.717, 1.165) is 137 Å². The molecule has 0 aliphatic heterocycles. The van der Waals surface area contributed by atoms with Crippen LogP contribution in [-0.4, -0.2) is 54.0 Å². The molecule has 0 unspecified atom stereocenters. The van der Waals surface area contributed by atoms with Gasteiger partial charge in [0.15, 0.2) is 52.4 Å². The number of fused-ring (bicyclic) bond motifs is 14. The van der Waals surface area contributed by atoms with Gasteiger partial charge >= 0.3 is 0 Å². The van der Waals surface area contributed by atoms with Gasteiger partial charge in [0.2, 0.25) is 5.03 Å². The Morgan fingerprint density at radius 1 is 0.243 bits per heavy atom. The number of halogens is 4. The third-order valence-corrected chi connectivity index (χ3v) is 27.2. The number of hydrogen-bond donors (Lipinski definition) is 0. The lowest BCUT2D eigenvalue weighted by Gasteiger charge is -2.12. The number of para-hydroxylation sites is 2. The summed E-state index contributed by atoms with van der Waals surface area (Å²) < 4.78 is 5.50. The third-order valence-electron chi connectivity index (χ3n) is 25.7. The molecule has 5 aromatic heterocycles. The van der Waals surface area contributed by atoms with E-state index in [2.05, 4.69) is 322 Å². The Morgan fingerprint density at radius 3 is 0.907 bits per heavy atom. The maximum Gasteiger partial charge on any atom is 0.208 e. The van der Waals surface area contributed by atoms with Crippen molar-refractivity contribution >= 4 is 165 Å². The first kappa shape index (κ1) is 87.1. The van der Waals surface area contributed by atoms with Crippen LogP contribution in [0.1, 0.15) is 18.6 Å². The summed E-state index contributed by atoms with van der Waals surface area (Å²) >= 11 is 23.7. The van der Waals surface area contributed by atoms with Crippen LogP contribution in [0.4, 0.5) is 0 Å². The van der Waals surface area contributed by atoms with Gasteiger partial charge in [-0.25, -0.2) is 44.9 Å². The van der Waals surface area contributed by atoms with Crippen LogP contribution in [0.2, 0.25) is 10.0 Å².